The van der Waals surface area contributed by atoms with Crippen LogP contribution in [0.15, 0.2) is 30.3 Å². The van der Waals surface area contributed by atoms with Crippen molar-refractivity contribution >= 4 is 22.6 Å². The van der Waals surface area contributed by atoms with Gasteiger partial charge in [-0.05, 0) is 45.2 Å². The van der Waals surface area contributed by atoms with Gasteiger partial charge in [-0.25, -0.2) is 4.68 Å². The van der Waals surface area contributed by atoms with Crippen LogP contribution >= 0.6 is 0 Å². The number of hydrogen-bond donors (Lipinski definition) is 0. The number of carbonyl (C=O) groups excluding carboxylic acids is 1. The van der Waals surface area contributed by atoms with Crippen molar-refractivity contribution in [1.82, 2.24) is 24.9 Å². The zero-order valence-corrected chi connectivity index (χ0v) is 19.0. The minimum Gasteiger partial charge on any atom is -0.352 e. The molecule has 1 fully saturated rings. The normalized spacial score (nSPS) is 16.6. The molecule has 4 rings (SSSR count). The smallest absolute Gasteiger partial charge is 0.227 e. The number of benzene rings is 1. The number of anilines is 1. The van der Waals surface area contributed by atoms with Gasteiger partial charge in [0, 0.05) is 26.7 Å². The summed E-state index contributed by atoms with van der Waals surface area (Å²) in [5, 5.41) is 15.0. The molecule has 0 N–H and O–H groups in total. The lowest BCUT2D eigenvalue weighted by atomic mass is 9.96. The first-order valence-corrected chi connectivity index (χ1v) is 11.3. The topological polar surface area (TPSA) is 67.2 Å². The molecule has 1 aromatic carbocycles. The third-order valence-electron chi connectivity index (χ3n) is 6.28. The number of hydrogen-bond acceptors (Lipinski definition) is 5. The molecule has 3 aromatic rings. The molecule has 1 atom stereocenters. The molecule has 0 aliphatic carbocycles. The molecular formula is C24H32N6O. The minimum atomic E-state index is -0.00827. The molecule has 0 unspecified atom stereocenters. The Bertz CT molecular complexity index is 1060. The average Bonchev–Trinajstić information content (AvgIpc) is 3.16. The van der Waals surface area contributed by atoms with Crippen LogP contribution < -0.4 is 4.90 Å². The van der Waals surface area contributed by atoms with E-state index in [0.29, 0.717) is 6.54 Å². The van der Waals surface area contributed by atoms with Crippen LogP contribution in [0.4, 0.5) is 5.82 Å². The van der Waals surface area contributed by atoms with Crippen molar-refractivity contribution in [1.29, 1.82) is 0 Å². The Labute approximate surface area is 184 Å². The number of unbranched alkanes of at least 4 members (excludes halogenated alkanes) is 1. The molecule has 1 amide bonds. The van der Waals surface area contributed by atoms with Crippen molar-refractivity contribution in [3.8, 4) is 5.69 Å². The summed E-state index contributed by atoms with van der Waals surface area (Å²) in [6, 6.07) is 10.1. The molecule has 2 aromatic heterocycles. The highest BCUT2D eigenvalue weighted by Crippen LogP contribution is 2.31. The Hall–Kier alpha value is -2.96. The predicted octanol–water partition coefficient (Wildman–Crippen LogP) is 3.91. The highest BCUT2D eigenvalue weighted by molar-refractivity contribution is 5.92. The summed E-state index contributed by atoms with van der Waals surface area (Å²) in [5.74, 6) is 1.01. The Kier molecular flexibility index (Phi) is 6.20. The summed E-state index contributed by atoms with van der Waals surface area (Å²) in [6.07, 6.45) is 4.02. The van der Waals surface area contributed by atoms with E-state index in [9.17, 15) is 4.79 Å². The van der Waals surface area contributed by atoms with E-state index in [-0.39, 0.29) is 11.8 Å². The van der Waals surface area contributed by atoms with Crippen molar-refractivity contribution in [2.75, 3.05) is 31.6 Å². The molecule has 1 saturated heterocycles. The summed E-state index contributed by atoms with van der Waals surface area (Å²) in [4.78, 5) is 17.1. The van der Waals surface area contributed by atoms with Crippen LogP contribution in [0.3, 0.4) is 0 Å². The first-order valence-electron chi connectivity index (χ1n) is 11.3. The van der Waals surface area contributed by atoms with E-state index in [4.69, 9.17) is 5.10 Å². The number of aromatic nitrogens is 4. The summed E-state index contributed by atoms with van der Waals surface area (Å²) in [5.41, 5.74) is 3.81. The maximum Gasteiger partial charge on any atom is 0.227 e. The van der Waals surface area contributed by atoms with Gasteiger partial charge in [0.05, 0.1) is 28.4 Å². The van der Waals surface area contributed by atoms with Gasteiger partial charge in [0.25, 0.3) is 0 Å². The third kappa shape index (κ3) is 4.13. The fraction of sp³-hybridized carbons (Fsp3) is 0.500. The maximum absolute atomic E-state index is 13.0. The molecule has 0 spiro atoms. The summed E-state index contributed by atoms with van der Waals surface area (Å²) in [6.45, 7) is 8.56. The van der Waals surface area contributed by atoms with E-state index in [1.807, 2.05) is 41.8 Å². The predicted molar refractivity (Wildman–Crippen MR) is 124 cm³/mol. The van der Waals surface area contributed by atoms with E-state index in [2.05, 4.69) is 41.1 Å². The summed E-state index contributed by atoms with van der Waals surface area (Å²) in [7, 11) is 1.92. The molecule has 3 heterocycles. The van der Waals surface area contributed by atoms with E-state index in [0.717, 1.165) is 72.6 Å². The molecule has 1 aliphatic rings. The molecule has 0 bridgehead atoms. The van der Waals surface area contributed by atoms with Gasteiger partial charge in [0.2, 0.25) is 5.91 Å². The van der Waals surface area contributed by atoms with Crippen molar-refractivity contribution < 1.29 is 4.79 Å². The number of fused-ring (bicyclic) bond motifs is 1. The number of rotatable bonds is 6. The number of aryl methyl sites for hydroxylation is 2. The standard InChI is InChI=1S/C24H32N6O/c1-5-6-14-28(4)24(31)19-11-10-15-29(16-19)23-22-21(17(2)25-26-23)18(3)30(27-22)20-12-8-7-9-13-20/h7-9,12-13,19H,5-6,10-11,14-16H2,1-4H3/t19-/m0/s1. The van der Waals surface area contributed by atoms with Crippen LogP contribution in [-0.2, 0) is 4.79 Å². The van der Waals surface area contributed by atoms with Crippen LogP contribution in [-0.4, -0.2) is 57.5 Å². The fourth-order valence-corrected chi connectivity index (χ4v) is 4.53. The lowest BCUT2D eigenvalue weighted by molar-refractivity contribution is -0.134. The third-order valence-corrected chi connectivity index (χ3v) is 6.28. The lowest BCUT2D eigenvalue weighted by Crippen LogP contribution is -2.44. The molecular weight excluding hydrogens is 388 g/mol. The van der Waals surface area contributed by atoms with Crippen molar-refractivity contribution in [3.05, 3.63) is 41.7 Å². The average molecular weight is 421 g/mol. The first kappa shape index (κ1) is 21.3. The maximum atomic E-state index is 13.0. The van der Waals surface area contributed by atoms with E-state index < -0.39 is 0 Å². The van der Waals surface area contributed by atoms with Gasteiger partial charge in [0.1, 0.15) is 5.52 Å². The lowest BCUT2D eigenvalue weighted by Gasteiger charge is -2.34. The molecule has 0 radical (unpaired) electrons. The number of carbonyl (C=O) groups is 1. The van der Waals surface area contributed by atoms with Crippen molar-refractivity contribution in [3.63, 3.8) is 0 Å². The number of para-hydroxylation sites is 1. The van der Waals surface area contributed by atoms with E-state index in [1.165, 1.54) is 0 Å². The highest BCUT2D eigenvalue weighted by atomic mass is 16.2. The van der Waals surface area contributed by atoms with Gasteiger partial charge >= 0.3 is 0 Å². The van der Waals surface area contributed by atoms with Crippen LogP contribution in [0.25, 0.3) is 16.6 Å². The van der Waals surface area contributed by atoms with Crippen molar-refractivity contribution in [2.45, 2.75) is 46.5 Å². The zero-order chi connectivity index (χ0) is 22.0. The highest BCUT2D eigenvalue weighted by Gasteiger charge is 2.30. The van der Waals surface area contributed by atoms with E-state index in [1.54, 1.807) is 0 Å². The van der Waals surface area contributed by atoms with Crippen LogP contribution in [0.1, 0.15) is 44.0 Å². The second-order valence-electron chi connectivity index (χ2n) is 8.56. The Morgan fingerprint density at radius 2 is 1.97 bits per heavy atom. The van der Waals surface area contributed by atoms with Crippen molar-refractivity contribution in [2.24, 2.45) is 5.92 Å². The van der Waals surface area contributed by atoms with Gasteiger partial charge in [-0.3, -0.25) is 4.79 Å². The van der Waals surface area contributed by atoms with Gasteiger partial charge in [0.15, 0.2) is 5.82 Å². The molecule has 0 saturated carbocycles. The number of nitrogens with zero attached hydrogens (tertiary/aromatic N) is 6. The second kappa shape index (κ2) is 9.04. The van der Waals surface area contributed by atoms with Crippen LogP contribution in [0.2, 0.25) is 0 Å². The van der Waals surface area contributed by atoms with E-state index >= 15 is 0 Å². The van der Waals surface area contributed by atoms with Crippen LogP contribution in [0, 0.1) is 19.8 Å². The number of amides is 1. The summed E-state index contributed by atoms with van der Waals surface area (Å²) < 4.78 is 1.97. The van der Waals surface area contributed by atoms with Gasteiger partial charge < -0.3 is 9.80 Å². The molecule has 1 aliphatic heterocycles. The summed E-state index contributed by atoms with van der Waals surface area (Å²) >= 11 is 0. The van der Waals surface area contributed by atoms with Gasteiger partial charge in [-0.2, -0.15) is 10.2 Å². The number of piperidine rings is 1. The first-order chi connectivity index (χ1) is 15.0. The fourth-order valence-electron chi connectivity index (χ4n) is 4.53. The molecule has 164 valence electrons. The Morgan fingerprint density at radius 3 is 2.71 bits per heavy atom. The van der Waals surface area contributed by atoms with Gasteiger partial charge in [-0.15, -0.1) is 5.10 Å². The molecule has 7 nitrogen and oxygen atoms in total. The zero-order valence-electron chi connectivity index (χ0n) is 19.0. The van der Waals surface area contributed by atoms with Crippen LogP contribution in [0.5, 0.6) is 0 Å². The second-order valence-corrected chi connectivity index (χ2v) is 8.56. The molecule has 7 heteroatoms. The quantitative estimate of drug-likeness (QED) is 0.605. The molecule has 31 heavy (non-hydrogen) atoms. The van der Waals surface area contributed by atoms with Gasteiger partial charge in [-0.1, -0.05) is 31.5 Å². The largest absolute Gasteiger partial charge is 0.352 e. The minimum absolute atomic E-state index is 0.00827. The SMILES string of the molecule is CCCCN(C)C(=O)[C@H]1CCCN(c2nnc(C)c3c(C)n(-c4ccccc4)nc23)C1. The monoisotopic (exact) mass is 420 g/mol. The Balaban J connectivity index is 1.66. The Morgan fingerprint density at radius 1 is 1.19 bits per heavy atom.